The number of aromatic nitrogens is 4. The van der Waals surface area contributed by atoms with Crippen molar-refractivity contribution in [3.05, 3.63) is 60.9 Å². The van der Waals surface area contributed by atoms with E-state index in [9.17, 15) is 8.42 Å². The van der Waals surface area contributed by atoms with Gasteiger partial charge < -0.3 is 9.13 Å². The molecule has 0 aliphatic rings. The Morgan fingerprint density at radius 2 is 1.81 bits per heavy atom. The van der Waals surface area contributed by atoms with Gasteiger partial charge in [0, 0.05) is 27.2 Å². The molecule has 32 heavy (non-hydrogen) atoms. The van der Waals surface area contributed by atoms with Crippen LogP contribution < -0.4 is 0 Å². The molecule has 2 aromatic carbocycles. The largest absolute Gasteiger partial charge is 0.327 e. The van der Waals surface area contributed by atoms with E-state index in [1.807, 2.05) is 30.3 Å². The molecule has 168 valence electrons. The number of aryl methyl sites for hydroxylation is 1. The summed E-state index contributed by atoms with van der Waals surface area (Å²) in [5, 5.41) is 0.914. The zero-order valence-electron chi connectivity index (χ0n) is 18.5. The van der Waals surface area contributed by atoms with E-state index in [2.05, 4.69) is 28.7 Å². The molecule has 4 rings (SSSR count). The Morgan fingerprint density at radius 1 is 1.06 bits per heavy atom. The van der Waals surface area contributed by atoms with Crippen molar-refractivity contribution in [3.8, 4) is 0 Å². The molecule has 0 atom stereocenters. The van der Waals surface area contributed by atoms with Crippen LogP contribution in [0, 0.1) is 0 Å². The summed E-state index contributed by atoms with van der Waals surface area (Å²) in [4.78, 5) is 9.86. The van der Waals surface area contributed by atoms with Crippen LogP contribution >= 0.6 is 11.8 Å². The number of allylic oxidation sites excluding steroid dienone is 1. The fourth-order valence-electron chi connectivity index (χ4n) is 3.71. The van der Waals surface area contributed by atoms with Crippen LogP contribution in [0.4, 0.5) is 0 Å². The van der Waals surface area contributed by atoms with Crippen molar-refractivity contribution in [1.29, 1.82) is 0 Å². The van der Waals surface area contributed by atoms with Gasteiger partial charge >= 0.3 is 0 Å². The maximum atomic E-state index is 12.6. The average Bonchev–Trinajstić information content (AvgIpc) is 3.30. The number of nitrogens with zero attached hydrogens (tertiary/aromatic N) is 5. The molecule has 0 spiro atoms. The number of hydrogen-bond acceptors (Lipinski definition) is 5. The van der Waals surface area contributed by atoms with Gasteiger partial charge in [0.15, 0.2) is 5.16 Å². The SMILES string of the molecule is C=CCn1c(SCc2nc3cc(S(=O)(=O)N(C)C)ccc3n2CCC)nc2ccccc21. The summed E-state index contributed by atoms with van der Waals surface area (Å²) in [6, 6.07) is 13.3. The first kappa shape index (κ1) is 22.6. The number of imidazole rings is 2. The van der Waals surface area contributed by atoms with Crippen LogP contribution in [0.3, 0.4) is 0 Å². The van der Waals surface area contributed by atoms with Gasteiger partial charge in [-0.25, -0.2) is 22.7 Å². The zero-order valence-corrected chi connectivity index (χ0v) is 20.2. The van der Waals surface area contributed by atoms with Gasteiger partial charge in [0.05, 0.1) is 32.7 Å². The average molecular weight is 470 g/mol. The lowest BCUT2D eigenvalue weighted by Crippen LogP contribution is -2.22. The highest BCUT2D eigenvalue weighted by molar-refractivity contribution is 7.98. The summed E-state index contributed by atoms with van der Waals surface area (Å²) in [5.74, 6) is 1.54. The number of rotatable bonds is 9. The smallest absolute Gasteiger partial charge is 0.242 e. The van der Waals surface area contributed by atoms with Gasteiger partial charge in [-0.1, -0.05) is 36.9 Å². The first-order valence-electron chi connectivity index (χ1n) is 10.5. The predicted molar refractivity (Wildman–Crippen MR) is 130 cm³/mol. The van der Waals surface area contributed by atoms with E-state index >= 15 is 0 Å². The van der Waals surface area contributed by atoms with Gasteiger partial charge in [-0.2, -0.15) is 0 Å². The molecule has 0 bridgehead atoms. The maximum Gasteiger partial charge on any atom is 0.242 e. The monoisotopic (exact) mass is 469 g/mol. The van der Waals surface area contributed by atoms with Gasteiger partial charge in [-0.3, -0.25) is 0 Å². The highest BCUT2D eigenvalue weighted by Gasteiger charge is 2.20. The summed E-state index contributed by atoms with van der Waals surface area (Å²) in [6.45, 7) is 7.50. The molecule has 0 fully saturated rings. The number of benzene rings is 2. The molecule has 0 amide bonds. The van der Waals surface area contributed by atoms with Crippen LogP contribution in [0.2, 0.25) is 0 Å². The van der Waals surface area contributed by atoms with Crippen LogP contribution in [0.25, 0.3) is 22.1 Å². The number of thioether (sulfide) groups is 1. The second-order valence-corrected chi connectivity index (χ2v) is 10.8. The molecular formula is C23H27N5O2S2. The third kappa shape index (κ3) is 4.07. The molecule has 2 heterocycles. The minimum atomic E-state index is -3.51. The lowest BCUT2D eigenvalue weighted by atomic mass is 10.3. The second-order valence-electron chi connectivity index (χ2n) is 7.69. The molecule has 0 aliphatic carbocycles. The lowest BCUT2D eigenvalue weighted by Gasteiger charge is -2.11. The van der Waals surface area contributed by atoms with Gasteiger partial charge in [-0.15, -0.1) is 6.58 Å². The highest BCUT2D eigenvalue weighted by atomic mass is 32.2. The maximum absolute atomic E-state index is 12.6. The van der Waals surface area contributed by atoms with Crippen molar-refractivity contribution < 1.29 is 8.42 Å². The fraction of sp³-hybridized carbons (Fsp3) is 0.304. The topological polar surface area (TPSA) is 73.0 Å². The first-order valence-corrected chi connectivity index (χ1v) is 12.9. The molecule has 2 aromatic heterocycles. The number of hydrogen-bond donors (Lipinski definition) is 0. The van der Waals surface area contributed by atoms with Crippen LogP contribution in [0.5, 0.6) is 0 Å². The highest BCUT2D eigenvalue weighted by Crippen LogP contribution is 2.29. The van der Waals surface area contributed by atoms with Crippen LogP contribution in [-0.2, 0) is 28.9 Å². The second kappa shape index (κ2) is 9.09. The van der Waals surface area contributed by atoms with E-state index < -0.39 is 10.0 Å². The normalized spacial score (nSPS) is 12.2. The summed E-state index contributed by atoms with van der Waals surface area (Å²) >= 11 is 1.63. The Labute approximate surface area is 192 Å². The van der Waals surface area contributed by atoms with Crippen molar-refractivity contribution in [2.24, 2.45) is 0 Å². The summed E-state index contributed by atoms with van der Waals surface area (Å²) in [5.41, 5.74) is 3.67. The first-order chi connectivity index (χ1) is 15.4. The van der Waals surface area contributed by atoms with Crippen molar-refractivity contribution in [2.75, 3.05) is 14.1 Å². The molecule has 0 saturated carbocycles. The van der Waals surface area contributed by atoms with E-state index in [-0.39, 0.29) is 4.90 Å². The molecule has 7 nitrogen and oxygen atoms in total. The molecule has 0 aliphatic heterocycles. The summed E-state index contributed by atoms with van der Waals surface area (Å²) < 4.78 is 30.7. The third-order valence-electron chi connectivity index (χ3n) is 5.29. The quantitative estimate of drug-likeness (QED) is 0.266. The summed E-state index contributed by atoms with van der Waals surface area (Å²) in [7, 11) is -0.441. The zero-order chi connectivity index (χ0) is 22.9. The number of sulfonamides is 1. The molecule has 9 heteroatoms. The van der Waals surface area contributed by atoms with E-state index in [0.717, 1.165) is 40.5 Å². The fourth-order valence-corrected chi connectivity index (χ4v) is 5.60. The van der Waals surface area contributed by atoms with Gasteiger partial charge in [0.2, 0.25) is 10.0 Å². The minimum absolute atomic E-state index is 0.253. The Balaban J connectivity index is 1.71. The van der Waals surface area contributed by atoms with Gasteiger partial charge in [0.25, 0.3) is 0 Å². The van der Waals surface area contributed by atoms with Crippen molar-refractivity contribution in [1.82, 2.24) is 23.4 Å². The van der Waals surface area contributed by atoms with Crippen LogP contribution in [0.1, 0.15) is 19.2 Å². The Morgan fingerprint density at radius 3 is 2.53 bits per heavy atom. The summed E-state index contributed by atoms with van der Waals surface area (Å²) in [6.07, 6.45) is 2.83. The third-order valence-corrected chi connectivity index (χ3v) is 8.07. The van der Waals surface area contributed by atoms with Crippen molar-refractivity contribution in [3.63, 3.8) is 0 Å². The molecule has 4 aromatic rings. The Kier molecular flexibility index (Phi) is 6.41. The Bertz CT molecular complexity index is 1390. The number of fused-ring (bicyclic) bond motifs is 2. The van der Waals surface area contributed by atoms with E-state index in [1.165, 1.54) is 18.4 Å². The Hall–Kier alpha value is -2.62. The van der Waals surface area contributed by atoms with Gasteiger partial charge in [-0.05, 0) is 36.8 Å². The van der Waals surface area contributed by atoms with E-state index in [4.69, 9.17) is 9.97 Å². The molecular weight excluding hydrogens is 442 g/mol. The standard InChI is InChI=1S/C23H27N5O2S2/c1-5-13-27-21-12-11-17(32(29,30)26(3)4)15-19(21)24-22(27)16-31-23-25-18-9-7-8-10-20(18)28(23)14-6-2/h6-12,15H,2,5,13-14,16H2,1,3-4H3. The lowest BCUT2D eigenvalue weighted by molar-refractivity contribution is 0.521. The van der Waals surface area contributed by atoms with Crippen molar-refractivity contribution in [2.45, 2.75) is 42.2 Å². The molecule has 0 unspecified atom stereocenters. The van der Waals surface area contributed by atoms with Gasteiger partial charge in [0.1, 0.15) is 5.82 Å². The molecule has 0 saturated heterocycles. The van der Waals surface area contributed by atoms with Crippen LogP contribution in [0.15, 0.2) is 65.2 Å². The minimum Gasteiger partial charge on any atom is -0.327 e. The predicted octanol–water partition coefficient (Wildman–Crippen LogP) is 4.52. The number of para-hydroxylation sites is 2. The van der Waals surface area contributed by atoms with E-state index in [0.29, 0.717) is 17.8 Å². The van der Waals surface area contributed by atoms with Crippen LogP contribution in [-0.4, -0.2) is 45.9 Å². The molecule has 0 N–H and O–H groups in total. The molecule has 0 radical (unpaired) electrons. The van der Waals surface area contributed by atoms with Crippen molar-refractivity contribution >= 4 is 43.9 Å². The van der Waals surface area contributed by atoms with E-state index in [1.54, 1.807) is 23.9 Å².